The molecular formula is C18H30O3S. The molecule has 0 amide bonds. The first kappa shape index (κ1) is 19.3. The third-order valence-corrected chi connectivity index (χ3v) is 5.23. The van der Waals surface area contributed by atoms with Crippen molar-refractivity contribution in [3.8, 4) is 0 Å². The summed E-state index contributed by atoms with van der Waals surface area (Å²) in [7, 11) is 0. The van der Waals surface area contributed by atoms with Crippen LogP contribution in [-0.4, -0.2) is 22.3 Å². The highest BCUT2D eigenvalue weighted by molar-refractivity contribution is 8.15. The second-order valence-electron chi connectivity index (χ2n) is 6.26. The molecule has 3 nitrogen and oxygen atoms in total. The normalized spacial score (nSPS) is 21.0. The summed E-state index contributed by atoms with van der Waals surface area (Å²) in [6.45, 7) is 6.47. The van der Waals surface area contributed by atoms with E-state index in [9.17, 15) is 9.59 Å². The number of Topliss-reactive ketones (excluding diaryl/α,β-unsaturated/α-hetero) is 1. The second-order valence-corrected chi connectivity index (χ2v) is 7.76. The molecule has 0 saturated carbocycles. The van der Waals surface area contributed by atoms with Crippen LogP contribution in [0.1, 0.15) is 78.6 Å². The van der Waals surface area contributed by atoms with Gasteiger partial charge in [-0.3, -0.25) is 9.59 Å². The largest absolute Gasteiger partial charge is 0.489 e. The lowest BCUT2D eigenvalue weighted by molar-refractivity contribution is -0.122. The SMILES string of the molecule is CCCCCC[C@@]1(C)SC(=O)C=C1OCC(=O)CCCCC. The van der Waals surface area contributed by atoms with Crippen molar-refractivity contribution < 1.29 is 14.3 Å². The molecule has 22 heavy (non-hydrogen) atoms. The van der Waals surface area contributed by atoms with E-state index in [0.717, 1.165) is 32.1 Å². The molecule has 0 aliphatic carbocycles. The maximum Gasteiger partial charge on any atom is 0.216 e. The summed E-state index contributed by atoms with van der Waals surface area (Å²) in [4.78, 5) is 23.6. The number of hydrogen-bond donors (Lipinski definition) is 0. The van der Waals surface area contributed by atoms with Gasteiger partial charge in [-0.05, 0) is 19.8 Å². The van der Waals surface area contributed by atoms with E-state index in [1.54, 1.807) is 6.08 Å². The number of hydrogen-bond acceptors (Lipinski definition) is 4. The third kappa shape index (κ3) is 6.55. The summed E-state index contributed by atoms with van der Waals surface area (Å²) in [5.41, 5.74) is 0. The average Bonchev–Trinajstić information content (AvgIpc) is 2.76. The number of thioether (sulfide) groups is 1. The Kier molecular flexibility index (Phi) is 8.84. The molecule has 0 saturated heterocycles. The van der Waals surface area contributed by atoms with Crippen molar-refractivity contribution in [2.45, 2.75) is 83.3 Å². The van der Waals surface area contributed by atoms with Gasteiger partial charge in [0.1, 0.15) is 12.4 Å². The molecule has 0 aromatic carbocycles. The second kappa shape index (κ2) is 10.1. The Hall–Kier alpha value is -0.770. The van der Waals surface area contributed by atoms with Crippen molar-refractivity contribution in [3.63, 3.8) is 0 Å². The van der Waals surface area contributed by atoms with Gasteiger partial charge in [0.05, 0.1) is 4.75 Å². The van der Waals surface area contributed by atoms with E-state index in [1.807, 2.05) is 0 Å². The maximum absolute atomic E-state index is 11.8. The van der Waals surface area contributed by atoms with Gasteiger partial charge in [-0.25, -0.2) is 0 Å². The topological polar surface area (TPSA) is 43.4 Å². The Balaban J connectivity index is 2.42. The Bertz CT molecular complexity index is 403. The zero-order chi connectivity index (χ0) is 16.4. The first-order valence-corrected chi connectivity index (χ1v) is 9.43. The molecule has 0 aromatic heterocycles. The highest BCUT2D eigenvalue weighted by Crippen LogP contribution is 2.44. The van der Waals surface area contributed by atoms with Crippen molar-refractivity contribution >= 4 is 22.7 Å². The van der Waals surface area contributed by atoms with Crippen LogP contribution in [0.2, 0.25) is 0 Å². The van der Waals surface area contributed by atoms with E-state index in [4.69, 9.17) is 4.74 Å². The van der Waals surface area contributed by atoms with Crippen LogP contribution in [0, 0.1) is 0 Å². The maximum atomic E-state index is 11.8. The Morgan fingerprint density at radius 3 is 2.50 bits per heavy atom. The fourth-order valence-electron chi connectivity index (χ4n) is 2.62. The molecule has 1 atom stereocenters. The molecule has 1 heterocycles. The molecule has 1 aliphatic heterocycles. The predicted molar refractivity (Wildman–Crippen MR) is 92.9 cm³/mol. The zero-order valence-corrected chi connectivity index (χ0v) is 15.1. The van der Waals surface area contributed by atoms with Crippen molar-refractivity contribution in [1.29, 1.82) is 0 Å². The quantitative estimate of drug-likeness (QED) is 0.471. The number of carbonyl (C=O) groups excluding carboxylic acids is 2. The van der Waals surface area contributed by atoms with Crippen molar-refractivity contribution in [2.75, 3.05) is 6.61 Å². The molecule has 0 spiro atoms. The van der Waals surface area contributed by atoms with Crippen molar-refractivity contribution in [2.24, 2.45) is 0 Å². The first-order chi connectivity index (χ1) is 10.5. The summed E-state index contributed by atoms with van der Waals surface area (Å²) >= 11 is 1.34. The minimum atomic E-state index is -0.283. The summed E-state index contributed by atoms with van der Waals surface area (Å²) < 4.78 is 5.43. The number of carbonyl (C=O) groups is 2. The lowest BCUT2D eigenvalue weighted by Crippen LogP contribution is -2.24. The molecule has 126 valence electrons. The van der Waals surface area contributed by atoms with E-state index in [-0.39, 0.29) is 22.3 Å². The molecule has 0 bridgehead atoms. The summed E-state index contributed by atoms with van der Waals surface area (Å²) in [5.74, 6) is 0.829. The number of rotatable bonds is 12. The molecular weight excluding hydrogens is 296 g/mol. The van der Waals surface area contributed by atoms with E-state index >= 15 is 0 Å². The van der Waals surface area contributed by atoms with Gasteiger partial charge < -0.3 is 4.74 Å². The van der Waals surface area contributed by atoms with Gasteiger partial charge in [-0.2, -0.15) is 0 Å². The van der Waals surface area contributed by atoms with E-state index in [2.05, 4.69) is 20.8 Å². The van der Waals surface area contributed by atoms with E-state index in [0.29, 0.717) is 12.2 Å². The number of ether oxygens (including phenoxy) is 1. The summed E-state index contributed by atoms with van der Waals surface area (Å²) in [6, 6.07) is 0. The molecule has 0 aromatic rings. The molecule has 0 fully saturated rings. The molecule has 1 aliphatic rings. The first-order valence-electron chi connectivity index (χ1n) is 8.61. The van der Waals surface area contributed by atoms with E-state index < -0.39 is 0 Å². The van der Waals surface area contributed by atoms with Crippen molar-refractivity contribution in [3.05, 3.63) is 11.8 Å². The fourth-order valence-corrected chi connectivity index (χ4v) is 3.70. The van der Waals surface area contributed by atoms with Crippen LogP contribution in [-0.2, 0) is 14.3 Å². The van der Waals surface area contributed by atoms with Crippen LogP contribution >= 0.6 is 11.8 Å². The number of ketones is 1. The molecule has 0 N–H and O–H groups in total. The predicted octanol–water partition coefficient (Wildman–Crippen LogP) is 5.04. The molecule has 0 unspecified atom stereocenters. The standard InChI is InChI=1S/C18H30O3S/c1-4-6-8-10-12-18(3)16(13-17(20)22-18)21-14-15(19)11-9-7-5-2/h13H,4-12,14H2,1-3H3/t18-/m1/s1. The summed E-state index contributed by atoms with van der Waals surface area (Å²) in [6.07, 6.45) is 10.9. The molecule has 0 radical (unpaired) electrons. The van der Waals surface area contributed by atoms with Crippen LogP contribution in [0.15, 0.2) is 11.8 Å². The monoisotopic (exact) mass is 326 g/mol. The van der Waals surface area contributed by atoms with Gasteiger partial charge in [-0.15, -0.1) is 0 Å². The van der Waals surface area contributed by atoms with Gasteiger partial charge in [0.25, 0.3) is 0 Å². The van der Waals surface area contributed by atoms with Crippen LogP contribution < -0.4 is 0 Å². The van der Waals surface area contributed by atoms with Crippen LogP contribution in [0.3, 0.4) is 0 Å². The van der Waals surface area contributed by atoms with Gasteiger partial charge in [-0.1, -0.05) is 64.1 Å². The molecule has 4 heteroatoms. The zero-order valence-electron chi connectivity index (χ0n) is 14.3. The highest BCUT2D eigenvalue weighted by Gasteiger charge is 2.39. The van der Waals surface area contributed by atoms with Gasteiger partial charge in [0.2, 0.25) is 5.12 Å². The Morgan fingerprint density at radius 1 is 1.14 bits per heavy atom. The fraction of sp³-hybridized carbons (Fsp3) is 0.778. The summed E-state index contributed by atoms with van der Waals surface area (Å²) in [5, 5.41) is 0.0476. The van der Waals surface area contributed by atoms with Crippen LogP contribution in [0.4, 0.5) is 0 Å². The van der Waals surface area contributed by atoms with Gasteiger partial charge in [0, 0.05) is 12.5 Å². The minimum Gasteiger partial charge on any atom is -0.489 e. The van der Waals surface area contributed by atoms with Gasteiger partial charge in [0.15, 0.2) is 5.78 Å². The Labute approximate surface area is 139 Å². The van der Waals surface area contributed by atoms with Crippen molar-refractivity contribution in [1.82, 2.24) is 0 Å². The lowest BCUT2D eigenvalue weighted by atomic mass is 9.99. The minimum absolute atomic E-state index is 0.0476. The lowest BCUT2D eigenvalue weighted by Gasteiger charge is -2.25. The number of unbranched alkanes of at least 4 members (excludes halogenated alkanes) is 5. The Morgan fingerprint density at radius 2 is 1.82 bits per heavy atom. The van der Waals surface area contributed by atoms with Gasteiger partial charge >= 0.3 is 0 Å². The van der Waals surface area contributed by atoms with Crippen LogP contribution in [0.25, 0.3) is 0 Å². The third-order valence-electron chi connectivity index (χ3n) is 4.05. The van der Waals surface area contributed by atoms with E-state index in [1.165, 1.54) is 31.0 Å². The average molecular weight is 327 g/mol. The molecule has 1 rings (SSSR count). The smallest absolute Gasteiger partial charge is 0.216 e. The van der Waals surface area contributed by atoms with Crippen LogP contribution in [0.5, 0.6) is 0 Å². The highest BCUT2D eigenvalue weighted by atomic mass is 32.2.